The van der Waals surface area contributed by atoms with Crippen LogP contribution in [0.15, 0.2) is 24.5 Å². The molecule has 0 atom stereocenters. The summed E-state index contributed by atoms with van der Waals surface area (Å²) in [5, 5.41) is 21.6. The summed E-state index contributed by atoms with van der Waals surface area (Å²) in [6, 6.07) is 4.81. The average molecular weight is 262 g/mol. The molecule has 0 amide bonds. The number of benzene rings is 1. The molecular weight excluding hydrogens is 248 g/mol. The summed E-state index contributed by atoms with van der Waals surface area (Å²) in [4.78, 5) is 10.5. The van der Waals surface area contributed by atoms with Gasteiger partial charge in [-0.05, 0) is 12.1 Å². The van der Waals surface area contributed by atoms with Crippen LogP contribution >= 0.6 is 0 Å². The van der Waals surface area contributed by atoms with Crippen LogP contribution in [0.4, 0.5) is 17.1 Å². The van der Waals surface area contributed by atoms with E-state index in [0.717, 1.165) is 5.82 Å². The van der Waals surface area contributed by atoms with Gasteiger partial charge in [-0.15, -0.1) is 10.2 Å². The molecular formula is C11H14N6O2. The van der Waals surface area contributed by atoms with Gasteiger partial charge in [0.1, 0.15) is 23.5 Å². The Bertz CT molecular complexity index is 595. The Balaban J connectivity index is 2.06. The first-order chi connectivity index (χ1) is 9.09. The van der Waals surface area contributed by atoms with E-state index in [1.807, 2.05) is 7.05 Å². The molecule has 100 valence electrons. The highest BCUT2D eigenvalue weighted by atomic mass is 16.6. The van der Waals surface area contributed by atoms with E-state index >= 15 is 0 Å². The Morgan fingerprint density at radius 3 is 2.95 bits per heavy atom. The minimum absolute atomic E-state index is 0.0968. The molecule has 0 fully saturated rings. The molecule has 0 unspecified atom stereocenters. The minimum atomic E-state index is -0.486. The monoisotopic (exact) mass is 262 g/mol. The summed E-state index contributed by atoms with van der Waals surface area (Å²) < 4.78 is 1.80. The Morgan fingerprint density at radius 1 is 1.53 bits per heavy atom. The number of para-hydroxylation sites is 1. The van der Waals surface area contributed by atoms with Gasteiger partial charge in [0.25, 0.3) is 0 Å². The third kappa shape index (κ3) is 2.79. The number of hydrogen-bond acceptors (Lipinski definition) is 6. The second-order valence-corrected chi connectivity index (χ2v) is 4.04. The van der Waals surface area contributed by atoms with Crippen LogP contribution in [0.1, 0.15) is 5.82 Å². The second-order valence-electron chi connectivity index (χ2n) is 4.04. The predicted molar refractivity (Wildman–Crippen MR) is 70.7 cm³/mol. The zero-order valence-electron chi connectivity index (χ0n) is 10.4. The fraction of sp³-hybridized carbons (Fsp3) is 0.273. The van der Waals surface area contributed by atoms with Crippen LogP contribution in [0.3, 0.4) is 0 Å². The normalized spacial score (nSPS) is 10.4. The van der Waals surface area contributed by atoms with Crippen LogP contribution in [0.25, 0.3) is 0 Å². The van der Waals surface area contributed by atoms with E-state index in [9.17, 15) is 10.1 Å². The number of rotatable bonds is 5. The number of nitro groups is 1. The Labute approximate surface area is 109 Å². The van der Waals surface area contributed by atoms with E-state index in [2.05, 4.69) is 15.5 Å². The van der Waals surface area contributed by atoms with Crippen molar-refractivity contribution in [2.24, 2.45) is 7.05 Å². The molecule has 8 heteroatoms. The molecule has 0 bridgehead atoms. The molecule has 3 N–H and O–H groups in total. The number of nitrogens with one attached hydrogen (secondary N) is 1. The van der Waals surface area contributed by atoms with Gasteiger partial charge in [-0.3, -0.25) is 10.1 Å². The maximum atomic E-state index is 10.9. The van der Waals surface area contributed by atoms with Gasteiger partial charge < -0.3 is 15.6 Å². The first-order valence-corrected chi connectivity index (χ1v) is 5.69. The SMILES string of the molecule is Cn1cnnc1CCNc1cccc(N)c1[N+](=O)[O-]. The summed E-state index contributed by atoms with van der Waals surface area (Å²) in [5.74, 6) is 0.805. The van der Waals surface area contributed by atoms with Crippen molar-refractivity contribution in [1.29, 1.82) is 0 Å². The molecule has 1 heterocycles. The topological polar surface area (TPSA) is 112 Å². The Morgan fingerprint density at radius 2 is 2.32 bits per heavy atom. The zero-order valence-corrected chi connectivity index (χ0v) is 10.4. The maximum absolute atomic E-state index is 10.9. The van der Waals surface area contributed by atoms with Crippen molar-refractivity contribution in [3.8, 4) is 0 Å². The summed E-state index contributed by atoms with van der Waals surface area (Å²) in [6.45, 7) is 0.511. The molecule has 0 spiro atoms. The van der Waals surface area contributed by atoms with Gasteiger partial charge in [0, 0.05) is 20.0 Å². The fourth-order valence-corrected chi connectivity index (χ4v) is 1.75. The summed E-state index contributed by atoms with van der Waals surface area (Å²) in [5.41, 5.74) is 6.06. The van der Waals surface area contributed by atoms with Crippen molar-refractivity contribution in [3.63, 3.8) is 0 Å². The van der Waals surface area contributed by atoms with Crippen molar-refractivity contribution < 1.29 is 4.92 Å². The number of nitro benzene ring substituents is 1. The fourth-order valence-electron chi connectivity index (χ4n) is 1.75. The van der Waals surface area contributed by atoms with Gasteiger partial charge in [-0.25, -0.2) is 0 Å². The number of nitrogens with two attached hydrogens (primary N) is 1. The summed E-state index contributed by atoms with van der Waals surface area (Å²) in [6.07, 6.45) is 2.22. The van der Waals surface area contributed by atoms with Crippen LogP contribution in [0.5, 0.6) is 0 Å². The van der Waals surface area contributed by atoms with Gasteiger partial charge >= 0.3 is 5.69 Å². The first kappa shape index (κ1) is 12.8. The van der Waals surface area contributed by atoms with Crippen LogP contribution < -0.4 is 11.1 Å². The van der Waals surface area contributed by atoms with Crippen molar-refractivity contribution >= 4 is 17.1 Å². The summed E-state index contributed by atoms with van der Waals surface area (Å²) in [7, 11) is 1.85. The smallest absolute Gasteiger partial charge is 0.314 e. The lowest BCUT2D eigenvalue weighted by molar-refractivity contribution is -0.383. The molecule has 0 aliphatic heterocycles. The van der Waals surface area contributed by atoms with Crippen LogP contribution in [0.2, 0.25) is 0 Å². The number of nitrogens with zero attached hydrogens (tertiary/aromatic N) is 4. The second kappa shape index (κ2) is 5.34. The predicted octanol–water partition coefficient (Wildman–Crippen LogP) is 0.960. The highest BCUT2D eigenvalue weighted by molar-refractivity contribution is 5.74. The third-order valence-electron chi connectivity index (χ3n) is 2.72. The Kier molecular flexibility index (Phi) is 3.60. The van der Waals surface area contributed by atoms with Crippen molar-refractivity contribution in [2.45, 2.75) is 6.42 Å². The molecule has 0 saturated heterocycles. The standard InChI is InChI=1S/C11H14N6O2/c1-16-7-14-15-10(16)5-6-13-9-4-2-3-8(12)11(9)17(18)19/h2-4,7,13H,5-6,12H2,1H3. The number of nitrogen functional groups attached to an aromatic ring is 1. The molecule has 1 aromatic carbocycles. The number of anilines is 2. The largest absolute Gasteiger partial charge is 0.393 e. The van der Waals surface area contributed by atoms with Crippen LogP contribution in [-0.4, -0.2) is 26.2 Å². The number of aryl methyl sites for hydroxylation is 1. The minimum Gasteiger partial charge on any atom is -0.393 e. The van der Waals surface area contributed by atoms with Gasteiger partial charge in [0.05, 0.1) is 4.92 Å². The van der Waals surface area contributed by atoms with Crippen molar-refractivity contribution in [2.75, 3.05) is 17.6 Å². The molecule has 8 nitrogen and oxygen atoms in total. The molecule has 19 heavy (non-hydrogen) atoms. The van der Waals surface area contributed by atoms with Crippen molar-refractivity contribution in [3.05, 3.63) is 40.5 Å². The zero-order chi connectivity index (χ0) is 13.8. The lowest BCUT2D eigenvalue weighted by Gasteiger charge is -2.08. The lowest BCUT2D eigenvalue weighted by Crippen LogP contribution is -2.10. The van der Waals surface area contributed by atoms with E-state index in [1.54, 1.807) is 23.0 Å². The lowest BCUT2D eigenvalue weighted by atomic mass is 10.2. The summed E-state index contributed by atoms with van der Waals surface area (Å²) >= 11 is 0. The molecule has 0 radical (unpaired) electrons. The first-order valence-electron chi connectivity index (χ1n) is 5.69. The third-order valence-corrected chi connectivity index (χ3v) is 2.72. The highest BCUT2D eigenvalue weighted by Crippen LogP contribution is 2.30. The molecule has 0 saturated carbocycles. The average Bonchev–Trinajstić information content (AvgIpc) is 2.75. The molecule has 0 aliphatic carbocycles. The van der Waals surface area contributed by atoms with E-state index in [-0.39, 0.29) is 11.4 Å². The van der Waals surface area contributed by atoms with Crippen molar-refractivity contribution in [1.82, 2.24) is 14.8 Å². The van der Waals surface area contributed by atoms with E-state index in [4.69, 9.17) is 5.73 Å². The van der Waals surface area contributed by atoms with Crippen LogP contribution in [0, 0.1) is 10.1 Å². The molecule has 1 aromatic heterocycles. The number of aromatic nitrogens is 3. The molecule has 2 rings (SSSR count). The van der Waals surface area contributed by atoms with E-state index < -0.39 is 4.92 Å². The van der Waals surface area contributed by atoms with Gasteiger partial charge in [-0.2, -0.15) is 0 Å². The highest BCUT2D eigenvalue weighted by Gasteiger charge is 2.17. The Hall–Kier alpha value is -2.64. The quantitative estimate of drug-likeness (QED) is 0.471. The van der Waals surface area contributed by atoms with E-state index in [0.29, 0.717) is 18.7 Å². The molecule has 2 aromatic rings. The van der Waals surface area contributed by atoms with Crippen LogP contribution in [-0.2, 0) is 13.5 Å². The molecule has 0 aliphatic rings. The van der Waals surface area contributed by atoms with Gasteiger partial charge in [0.15, 0.2) is 0 Å². The van der Waals surface area contributed by atoms with E-state index in [1.165, 1.54) is 6.07 Å². The number of hydrogen-bond donors (Lipinski definition) is 2. The maximum Gasteiger partial charge on any atom is 0.314 e. The van der Waals surface area contributed by atoms with Gasteiger partial charge in [-0.1, -0.05) is 6.07 Å². The van der Waals surface area contributed by atoms with Gasteiger partial charge in [0.2, 0.25) is 0 Å².